The summed E-state index contributed by atoms with van der Waals surface area (Å²) in [6.45, 7) is 10.3. The van der Waals surface area contributed by atoms with E-state index < -0.39 is 22.3 Å². The Hall–Kier alpha value is -1.07. The van der Waals surface area contributed by atoms with Gasteiger partial charge in [-0.15, -0.1) is 0 Å². The summed E-state index contributed by atoms with van der Waals surface area (Å²) in [5.74, 6) is -0.0573. The maximum absolute atomic E-state index is 12.0. The number of carbonyl (C=O) groups is 1. The minimum Gasteiger partial charge on any atom is -0.385 e. The molecule has 3 rings (SSSR count). The number of rotatable bonds is 5. The molecule has 2 N–H and O–H groups in total. The van der Waals surface area contributed by atoms with E-state index >= 15 is 0 Å². The van der Waals surface area contributed by atoms with Crippen LogP contribution in [0.15, 0.2) is 16.6 Å². The van der Waals surface area contributed by atoms with E-state index in [0.29, 0.717) is 0 Å². The predicted octanol–water partition coefficient (Wildman–Crippen LogP) is 3.81. The molecule has 6 unspecified atom stereocenters. The quantitative estimate of drug-likeness (QED) is 0.315. The molecule has 0 spiro atoms. The summed E-state index contributed by atoms with van der Waals surface area (Å²) in [4.78, 5) is 15.6. The predicted molar refractivity (Wildman–Crippen MR) is 113 cm³/mol. The zero-order valence-electron chi connectivity index (χ0n) is 17.7. The van der Waals surface area contributed by atoms with Crippen molar-refractivity contribution in [3.63, 3.8) is 0 Å². The molecule has 0 bridgehead atoms. The molecule has 6 atom stereocenters. The fraction of sp³-hybridized carbons (Fsp3) is 0.818. The first-order valence-electron chi connectivity index (χ1n) is 10.4. The Kier molecular flexibility index (Phi) is 5.65. The maximum atomic E-state index is 12.0. The van der Waals surface area contributed by atoms with Crippen molar-refractivity contribution in [1.29, 1.82) is 0 Å². The van der Waals surface area contributed by atoms with E-state index in [1.54, 1.807) is 0 Å². The van der Waals surface area contributed by atoms with Crippen LogP contribution in [0.1, 0.15) is 73.1 Å². The molecule has 1 saturated carbocycles. The molecule has 5 nitrogen and oxygen atoms in total. The molecule has 0 aromatic heterocycles. The molecule has 156 valence electrons. The molecule has 1 aliphatic heterocycles. The average Bonchev–Trinajstić information content (AvgIpc) is 2.98. The third-order valence-electron chi connectivity index (χ3n) is 7.70. The molecule has 1 saturated heterocycles. The van der Waals surface area contributed by atoms with Gasteiger partial charge in [-0.1, -0.05) is 11.6 Å². The molecule has 3 aliphatic rings. The van der Waals surface area contributed by atoms with Crippen LogP contribution in [0.5, 0.6) is 0 Å². The molecular formula is C22H34N2O3S. The molecule has 1 amide bonds. The fourth-order valence-electron chi connectivity index (χ4n) is 6.10. The van der Waals surface area contributed by atoms with Crippen molar-refractivity contribution in [2.24, 2.45) is 16.8 Å². The minimum atomic E-state index is -0.994. The number of fused-ring (bicyclic) bond motifs is 1. The van der Waals surface area contributed by atoms with E-state index in [0.717, 1.165) is 44.9 Å². The summed E-state index contributed by atoms with van der Waals surface area (Å²) in [5, 5.41) is 17.6. The van der Waals surface area contributed by atoms with Crippen molar-refractivity contribution in [2.75, 3.05) is 0 Å². The van der Waals surface area contributed by atoms with E-state index in [-0.39, 0.29) is 17.9 Å². The van der Waals surface area contributed by atoms with Gasteiger partial charge in [-0.25, -0.2) is 4.99 Å². The van der Waals surface area contributed by atoms with Gasteiger partial charge in [-0.2, -0.15) is 0 Å². The molecule has 1 heterocycles. The highest BCUT2D eigenvalue weighted by Gasteiger charge is 2.62. The number of aliphatic hydroxyl groups is 1. The summed E-state index contributed by atoms with van der Waals surface area (Å²) in [6, 6.07) is 0. The summed E-state index contributed by atoms with van der Waals surface area (Å²) < 4.78 is 6.62. The van der Waals surface area contributed by atoms with Gasteiger partial charge in [0.05, 0.1) is 28.0 Å². The first-order chi connectivity index (χ1) is 13.0. The molecule has 2 fully saturated rings. The van der Waals surface area contributed by atoms with Crippen LogP contribution in [-0.4, -0.2) is 45.1 Å². The smallest absolute Gasteiger partial charge is 0.207 e. The van der Waals surface area contributed by atoms with Crippen LogP contribution in [0.25, 0.3) is 0 Å². The van der Waals surface area contributed by atoms with Crippen molar-refractivity contribution in [3.8, 4) is 0 Å². The van der Waals surface area contributed by atoms with Crippen LogP contribution >= 0.6 is 12.2 Å². The Morgan fingerprint density at radius 1 is 1.32 bits per heavy atom. The van der Waals surface area contributed by atoms with Gasteiger partial charge in [0, 0.05) is 17.4 Å². The van der Waals surface area contributed by atoms with Crippen LogP contribution < -0.4 is 5.32 Å². The zero-order chi connectivity index (χ0) is 20.8. The van der Waals surface area contributed by atoms with E-state index in [4.69, 9.17) is 17.0 Å². The number of aliphatic imine (C=N–C) groups is 1. The first-order valence-corrected chi connectivity index (χ1v) is 10.8. The highest BCUT2D eigenvalue weighted by Crippen LogP contribution is 2.56. The van der Waals surface area contributed by atoms with Crippen molar-refractivity contribution in [3.05, 3.63) is 11.6 Å². The van der Waals surface area contributed by atoms with Crippen molar-refractivity contribution in [2.45, 2.75) is 102 Å². The maximum Gasteiger partial charge on any atom is 0.207 e. The SMILES string of the molecule is CC1=CC2(O)C(CC1)C(C)(NC=O)CCC2C1(C)CCC(C(C)(C)N=C=S)O1. The van der Waals surface area contributed by atoms with Gasteiger partial charge in [0.15, 0.2) is 0 Å². The van der Waals surface area contributed by atoms with Crippen LogP contribution in [0, 0.1) is 11.8 Å². The average molecular weight is 407 g/mol. The number of nitrogens with zero attached hydrogens (tertiary/aromatic N) is 1. The molecule has 6 heteroatoms. The Morgan fingerprint density at radius 2 is 2.04 bits per heavy atom. The summed E-state index contributed by atoms with van der Waals surface area (Å²) in [7, 11) is 0. The molecule has 0 aromatic carbocycles. The van der Waals surface area contributed by atoms with Crippen LogP contribution in [-0.2, 0) is 9.53 Å². The monoisotopic (exact) mass is 406 g/mol. The van der Waals surface area contributed by atoms with E-state index in [1.165, 1.54) is 5.57 Å². The van der Waals surface area contributed by atoms with Gasteiger partial charge in [0.2, 0.25) is 6.41 Å². The lowest BCUT2D eigenvalue weighted by atomic mass is 9.53. The Bertz CT molecular complexity index is 717. The van der Waals surface area contributed by atoms with Crippen molar-refractivity contribution in [1.82, 2.24) is 5.32 Å². The number of allylic oxidation sites excluding steroid dienone is 1. The molecule has 0 aromatic rings. The summed E-state index contributed by atoms with van der Waals surface area (Å²) in [6.07, 6.45) is 7.99. The summed E-state index contributed by atoms with van der Waals surface area (Å²) >= 11 is 4.82. The third-order valence-corrected chi connectivity index (χ3v) is 7.80. The largest absolute Gasteiger partial charge is 0.385 e. The second kappa shape index (κ2) is 7.32. The molecular weight excluding hydrogens is 372 g/mol. The van der Waals surface area contributed by atoms with Crippen molar-refractivity contribution >= 4 is 23.8 Å². The van der Waals surface area contributed by atoms with Gasteiger partial charge in [-0.05, 0) is 85.4 Å². The van der Waals surface area contributed by atoms with Gasteiger partial charge in [-0.3, -0.25) is 4.79 Å². The number of thiocarbonyl (C=S) groups is 1. The van der Waals surface area contributed by atoms with Gasteiger partial charge < -0.3 is 15.2 Å². The number of nitrogens with one attached hydrogen (secondary N) is 1. The zero-order valence-corrected chi connectivity index (χ0v) is 18.6. The molecule has 28 heavy (non-hydrogen) atoms. The molecule has 0 radical (unpaired) electrons. The van der Waals surface area contributed by atoms with Crippen LogP contribution in [0.3, 0.4) is 0 Å². The highest BCUT2D eigenvalue weighted by atomic mass is 32.1. The number of isothiocyanates is 1. The first kappa shape index (κ1) is 21.6. The minimum absolute atomic E-state index is 0.0286. The lowest BCUT2D eigenvalue weighted by molar-refractivity contribution is -0.185. The lowest BCUT2D eigenvalue weighted by Crippen LogP contribution is -2.67. The van der Waals surface area contributed by atoms with Gasteiger partial charge in [0.25, 0.3) is 0 Å². The third kappa shape index (κ3) is 3.49. The standard InChI is InChI=1S/C22H34N2O3S/c1-15-6-7-16-20(4,23-13-25)10-8-17(22(16,26)12-15)21(5)11-9-18(27-21)19(2,3)24-14-28/h12-13,16-18,26H,6-11H2,1-5H3,(H,23,25). The Labute approximate surface area is 174 Å². The number of hydrogen-bond donors (Lipinski definition) is 2. The Balaban J connectivity index is 1.95. The van der Waals surface area contributed by atoms with E-state index in [9.17, 15) is 9.90 Å². The van der Waals surface area contributed by atoms with Gasteiger partial charge >= 0.3 is 0 Å². The van der Waals surface area contributed by atoms with E-state index in [1.807, 2.05) is 13.8 Å². The highest BCUT2D eigenvalue weighted by molar-refractivity contribution is 7.78. The lowest BCUT2D eigenvalue weighted by Gasteiger charge is -2.58. The van der Waals surface area contributed by atoms with Gasteiger partial charge in [0.1, 0.15) is 0 Å². The van der Waals surface area contributed by atoms with E-state index in [2.05, 4.69) is 42.3 Å². The number of amides is 1. The number of hydrogen-bond acceptors (Lipinski definition) is 5. The summed E-state index contributed by atoms with van der Waals surface area (Å²) in [5.41, 5.74) is -1.06. The number of carbonyl (C=O) groups excluding carboxylic acids is 1. The topological polar surface area (TPSA) is 70.9 Å². The van der Waals surface area contributed by atoms with Crippen molar-refractivity contribution < 1.29 is 14.6 Å². The van der Waals surface area contributed by atoms with Crippen LogP contribution in [0.4, 0.5) is 0 Å². The fourth-order valence-corrected chi connectivity index (χ4v) is 6.33. The normalized spacial score (nSPS) is 43.5. The second-order valence-electron chi connectivity index (χ2n) is 10.1. The second-order valence-corrected chi connectivity index (χ2v) is 10.2. The Morgan fingerprint density at radius 3 is 2.68 bits per heavy atom. The van der Waals surface area contributed by atoms with Crippen LogP contribution in [0.2, 0.25) is 0 Å². The number of ether oxygens (including phenoxy) is 1. The molecule has 2 aliphatic carbocycles.